The highest BCUT2D eigenvalue weighted by molar-refractivity contribution is 5.94. The minimum atomic E-state index is -0.585. The highest BCUT2D eigenvalue weighted by Gasteiger charge is 2.32. The summed E-state index contributed by atoms with van der Waals surface area (Å²) in [5.74, 6) is 0.659. The number of carbonyl (C=O) groups excluding carboxylic acids is 1. The van der Waals surface area contributed by atoms with E-state index in [1.165, 1.54) is 37.9 Å². The van der Waals surface area contributed by atoms with Gasteiger partial charge in [0.1, 0.15) is 0 Å². The van der Waals surface area contributed by atoms with Crippen LogP contribution in [0.3, 0.4) is 0 Å². The standard InChI is InChI=1S/C14H17FN2O/c15-13-7-12(4-5-16-13)14(18)17-8-10-2-1-3-11(6-10)9-17/h4-5,7,10-11H,1-3,6,8-9H2. The van der Waals surface area contributed by atoms with E-state index in [4.69, 9.17) is 0 Å². The van der Waals surface area contributed by atoms with E-state index in [2.05, 4.69) is 4.98 Å². The van der Waals surface area contributed by atoms with Gasteiger partial charge in [-0.3, -0.25) is 4.79 Å². The second-order valence-electron chi connectivity index (χ2n) is 5.48. The van der Waals surface area contributed by atoms with Gasteiger partial charge < -0.3 is 4.90 Å². The number of aromatic nitrogens is 1. The third-order valence-corrected chi connectivity index (χ3v) is 4.11. The van der Waals surface area contributed by atoms with Gasteiger partial charge in [0, 0.05) is 30.9 Å². The van der Waals surface area contributed by atoms with E-state index in [0.717, 1.165) is 13.1 Å². The third-order valence-electron chi connectivity index (χ3n) is 4.11. The van der Waals surface area contributed by atoms with Crippen LogP contribution in [0.2, 0.25) is 0 Å². The summed E-state index contributed by atoms with van der Waals surface area (Å²) >= 11 is 0. The van der Waals surface area contributed by atoms with Gasteiger partial charge in [-0.2, -0.15) is 4.39 Å². The lowest BCUT2D eigenvalue weighted by molar-refractivity contribution is 0.0504. The molecule has 2 atom stereocenters. The Morgan fingerprint density at radius 3 is 2.72 bits per heavy atom. The van der Waals surface area contributed by atoms with Crippen molar-refractivity contribution in [2.75, 3.05) is 13.1 Å². The minimum Gasteiger partial charge on any atom is -0.338 e. The molecule has 1 aliphatic carbocycles. The summed E-state index contributed by atoms with van der Waals surface area (Å²) in [7, 11) is 0. The van der Waals surface area contributed by atoms with E-state index in [0.29, 0.717) is 17.4 Å². The molecular weight excluding hydrogens is 231 g/mol. The zero-order valence-electron chi connectivity index (χ0n) is 10.3. The number of hydrogen-bond donors (Lipinski definition) is 0. The molecule has 0 spiro atoms. The first-order valence-electron chi connectivity index (χ1n) is 6.63. The highest BCUT2D eigenvalue weighted by atomic mass is 19.1. The van der Waals surface area contributed by atoms with Crippen LogP contribution in [-0.4, -0.2) is 28.9 Å². The molecule has 0 N–H and O–H groups in total. The lowest BCUT2D eigenvalue weighted by Crippen LogP contribution is -2.45. The molecule has 2 unspecified atom stereocenters. The molecule has 96 valence electrons. The van der Waals surface area contributed by atoms with Gasteiger partial charge in [-0.25, -0.2) is 4.98 Å². The van der Waals surface area contributed by atoms with Crippen molar-refractivity contribution in [1.82, 2.24) is 9.88 Å². The van der Waals surface area contributed by atoms with Crippen LogP contribution in [0.4, 0.5) is 4.39 Å². The number of rotatable bonds is 1. The summed E-state index contributed by atoms with van der Waals surface area (Å²) in [5.41, 5.74) is 0.419. The first kappa shape index (κ1) is 11.6. The first-order valence-corrected chi connectivity index (χ1v) is 6.63. The smallest absolute Gasteiger partial charge is 0.254 e. The Kier molecular flexibility index (Phi) is 3.02. The topological polar surface area (TPSA) is 33.2 Å². The van der Waals surface area contributed by atoms with Gasteiger partial charge in [0.05, 0.1) is 0 Å². The molecule has 0 radical (unpaired) electrons. The molecule has 0 aromatic carbocycles. The van der Waals surface area contributed by atoms with Gasteiger partial charge in [-0.05, 0) is 37.2 Å². The molecule has 1 aromatic heterocycles. The maximum atomic E-state index is 13.0. The number of fused-ring (bicyclic) bond motifs is 2. The average molecular weight is 248 g/mol. The zero-order chi connectivity index (χ0) is 12.5. The van der Waals surface area contributed by atoms with Gasteiger partial charge >= 0.3 is 0 Å². The second-order valence-corrected chi connectivity index (χ2v) is 5.48. The van der Waals surface area contributed by atoms with Crippen molar-refractivity contribution in [3.63, 3.8) is 0 Å². The zero-order valence-corrected chi connectivity index (χ0v) is 10.3. The summed E-state index contributed by atoms with van der Waals surface area (Å²) in [5, 5.41) is 0. The molecule has 1 aromatic rings. The molecular formula is C14H17FN2O. The number of likely N-dealkylation sites (tertiary alicyclic amines) is 1. The van der Waals surface area contributed by atoms with Crippen LogP contribution in [0.25, 0.3) is 0 Å². The third kappa shape index (κ3) is 2.24. The summed E-state index contributed by atoms with van der Waals surface area (Å²) in [6.07, 6.45) is 6.36. The fraction of sp³-hybridized carbons (Fsp3) is 0.571. The van der Waals surface area contributed by atoms with Gasteiger partial charge in [0.15, 0.2) is 0 Å². The molecule has 3 rings (SSSR count). The largest absolute Gasteiger partial charge is 0.338 e. The number of pyridine rings is 1. The fourth-order valence-corrected chi connectivity index (χ4v) is 3.32. The predicted octanol–water partition coefficient (Wildman–Crippen LogP) is 2.48. The summed E-state index contributed by atoms with van der Waals surface area (Å²) in [6, 6.07) is 2.82. The number of nitrogens with zero attached hydrogens (tertiary/aromatic N) is 2. The maximum absolute atomic E-state index is 13.0. The van der Waals surface area contributed by atoms with Crippen molar-refractivity contribution in [3.05, 3.63) is 29.8 Å². The summed E-state index contributed by atoms with van der Waals surface area (Å²) in [4.78, 5) is 17.7. The molecule has 2 heterocycles. The number of amides is 1. The molecule has 18 heavy (non-hydrogen) atoms. The van der Waals surface area contributed by atoms with Crippen LogP contribution in [0.15, 0.2) is 18.3 Å². The van der Waals surface area contributed by atoms with Crippen LogP contribution < -0.4 is 0 Å². The first-order chi connectivity index (χ1) is 8.72. The Balaban J connectivity index is 1.76. The number of hydrogen-bond acceptors (Lipinski definition) is 2. The lowest BCUT2D eigenvalue weighted by atomic mass is 9.78. The van der Waals surface area contributed by atoms with E-state index >= 15 is 0 Å². The van der Waals surface area contributed by atoms with Crippen LogP contribution >= 0.6 is 0 Å². The van der Waals surface area contributed by atoms with Gasteiger partial charge in [0.25, 0.3) is 5.91 Å². The Morgan fingerprint density at radius 1 is 1.33 bits per heavy atom. The van der Waals surface area contributed by atoms with Crippen molar-refractivity contribution >= 4 is 5.91 Å². The van der Waals surface area contributed by atoms with Crippen molar-refractivity contribution in [3.8, 4) is 0 Å². The number of carbonyl (C=O) groups is 1. The number of halogens is 1. The molecule has 2 fully saturated rings. The molecule has 4 heteroatoms. The molecule has 2 aliphatic rings. The van der Waals surface area contributed by atoms with E-state index in [9.17, 15) is 9.18 Å². The SMILES string of the molecule is O=C(c1ccnc(F)c1)N1CC2CCCC(C2)C1. The normalized spacial score (nSPS) is 27.1. The number of piperidine rings is 1. The highest BCUT2D eigenvalue weighted by Crippen LogP contribution is 2.34. The van der Waals surface area contributed by atoms with Crippen molar-refractivity contribution in [1.29, 1.82) is 0 Å². The van der Waals surface area contributed by atoms with Gasteiger partial charge in [0.2, 0.25) is 5.95 Å². The van der Waals surface area contributed by atoms with Crippen LogP contribution in [0.1, 0.15) is 36.0 Å². The Labute approximate surface area is 106 Å². The van der Waals surface area contributed by atoms with Gasteiger partial charge in [-0.15, -0.1) is 0 Å². The van der Waals surface area contributed by atoms with Crippen molar-refractivity contribution in [2.24, 2.45) is 11.8 Å². The van der Waals surface area contributed by atoms with E-state index in [-0.39, 0.29) is 5.91 Å². The van der Waals surface area contributed by atoms with Crippen LogP contribution in [0.5, 0.6) is 0 Å². The quantitative estimate of drug-likeness (QED) is 0.715. The average Bonchev–Trinajstić information content (AvgIpc) is 2.37. The molecule has 1 saturated heterocycles. The monoisotopic (exact) mass is 248 g/mol. The van der Waals surface area contributed by atoms with Crippen molar-refractivity contribution < 1.29 is 9.18 Å². The Hall–Kier alpha value is -1.45. The minimum absolute atomic E-state index is 0.0482. The van der Waals surface area contributed by atoms with E-state index in [1.54, 1.807) is 6.07 Å². The fourth-order valence-electron chi connectivity index (χ4n) is 3.32. The summed E-state index contributed by atoms with van der Waals surface area (Å²) in [6.45, 7) is 1.67. The van der Waals surface area contributed by atoms with E-state index < -0.39 is 5.95 Å². The molecule has 2 bridgehead atoms. The second kappa shape index (κ2) is 4.67. The summed E-state index contributed by atoms with van der Waals surface area (Å²) < 4.78 is 13.0. The van der Waals surface area contributed by atoms with E-state index in [1.807, 2.05) is 4.90 Å². The van der Waals surface area contributed by atoms with Crippen molar-refractivity contribution in [2.45, 2.75) is 25.7 Å². The maximum Gasteiger partial charge on any atom is 0.254 e. The van der Waals surface area contributed by atoms with Crippen LogP contribution in [0, 0.1) is 17.8 Å². The van der Waals surface area contributed by atoms with Crippen LogP contribution in [-0.2, 0) is 0 Å². The molecule has 1 amide bonds. The molecule has 1 aliphatic heterocycles. The lowest BCUT2D eigenvalue weighted by Gasteiger charge is -2.41. The Morgan fingerprint density at radius 2 is 2.06 bits per heavy atom. The Bertz CT molecular complexity index is 451. The molecule has 3 nitrogen and oxygen atoms in total. The predicted molar refractivity (Wildman–Crippen MR) is 65.5 cm³/mol. The molecule has 1 saturated carbocycles. The van der Waals surface area contributed by atoms with Gasteiger partial charge in [-0.1, -0.05) is 6.42 Å².